The molecule has 1 aromatic rings. The summed E-state index contributed by atoms with van der Waals surface area (Å²) in [5.74, 6) is 3.19. The number of nitrogens with zero attached hydrogens (tertiary/aromatic N) is 1. The van der Waals surface area contributed by atoms with Crippen LogP contribution in [0, 0.1) is 11.8 Å². The van der Waals surface area contributed by atoms with Gasteiger partial charge in [-0.1, -0.05) is 26.0 Å². The van der Waals surface area contributed by atoms with Gasteiger partial charge in [-0.3, -0.25) is 4.99 Å². The van der Waals surface area contributed by atoms with E-state index in [4.69, 9.17) is 4.74 Å². The SMILES string of the molecule is CN=C(NCC1CC1)NC(C)c1ccc(OCC(C)C)cc1. The number of hydrogen-bond donors (Lipinski definition) is 2. The van der Waals surface area contributed by atoms with E-state index < -0.39 is 0 Å². The topological polar surface area (TPSA) is 45.7 Å². The molecule has 0 aromatic heterocycles. The third-order valence-corrected chi connectivity index (χ3v) is 3.80. The van der Waals surface area contributed by atoms with Crippen molar-refractivity contribution in [2.75, 3.05) is 20.2 Å². The van der Waals surface area contributed by atoms with Crippen LogP contribution in [0.15, 0.2) is 29.3 Å². The second kappa shape index (κ2) is 8.06. The molecule has 2 rings (SSSR count). The van der Waals surface area contributed by atoms with Crippen LogP contribution >= 0.6 is 0 Å². The average Bonchev–Trinajstić information content (AvgIpc) is 3.34. The van der Waals surface area contributed by atoms with Crippen molar-refractivity contribution in [2.45, 2.75) is 39.7 Å². The average molecular weight is 303 g/mol. The summed E-state index contributed by atoms with van der Waals surface area (Å²) in [5.41, 5.74) is 1.23. The van der Waals surface area contributed by atoms with E-state index >= 15 is 0 Å². The second-order valence-corrected chi connectivity index (χ2v) is 6.54. The van der Waals surface area contributed by atoms with Crippen molar-refractivity contribution in [3.05, 3.63) is 29.8 Å². The van der Waals surface area contributed by atoms with E-state index in [1.54, 1.807) is 0 Å². The Labute approximate surface area is 134 Å². The lowest BCUT2D eigenvalue weighted by atomic mass is 10.1. The fraction of sp³-hybridized carbons (Fsp3) is 0.611. The van der Waals surface area contributed by atoms with Gasteiger partial charge >= 0.3 is 0 Å². The Morgan fingerprint density at radius 3 is 2.45 bits per heavy atom. The lowest BCUT2D eigenvalue weighted by Crippen LogP contribution is -2.39. The molecule has 4 nitrogen and oxygen atoms in total. The summed E-state index contributed by atoms with van der Waals surface area (Å²) in [7, 11) is 1.82. The summed E-state index contributed by atoms with van der Waals surface area (Å²) >= 11 is 0. The maximum absolute atomic E-state index is 5.72. The van der Waals surface area contributed by atoms with Gasteiger partial charge in [-0.2, -0.15) is 0 Å². The highest BCUT2D eigenvalue weighted by Gasteiger charge is 2.21. The maximum Gasteiger partial charge on any atom is 0.191 e. The minimum Gasteiger partial charge on any atom is -0.493 e. The number of benzene rings is 1. The largest absolute Gasteiger partial charge is 0.493 e. The van der Waals surface area contributed by atoms with Crippen molar-refractivity contribution in [3.63, 3.8) is 0 Å². The Morgan fingerprint density at radius 2 is 1.91 bits per heavy atom. The molecule has 4 heteroatoms. The van der Waals surface area contributed by atoms with Gasteiger partial charge in [0.05, 0.1) is 12.6 Å². The van der Waals surface area contributed by atoms with Crippen LogP contribution < -0.4 is 15.4 Å². The molecule has 0 bridgehead atoms. The van der Waals surface area contributed by atoms with Gasteiger partial charge in [0.25, 0.3) is 0 Å². The Bertz CT molecular complexity index is 478. The molecule has 1 saturated carbocycles. The summed E-state index contributed by atoms with van der Waals surface area (Å²) in [4.78, 5) is 4.29. The van der Waals surface area contributed by atoms with Gasteiger partial charge in [-0.25, -0.2) is 0 Å². The molecule has 0 spiro atoms. The molecule has 22 heavy (non-hydrogen) atoms. The summed E-state index contributed by atoms with van der Waals surface area (Å²) in [6.07, 6.45) is 2.69. The van der Waals surface area contributed by atoms with Crippen LogP contribution in [-0.4, -0.2) is 26.2 Å². The van der Waals surface area contributed by atoms with Gasteiger partial charge in [0.1, 0.15) is 5.75 Å². The highest BCUT2D eigenvalue weighted by Crippen LogP contribution is 2.27. The van der Waals surface area contributed by atoms with E-state index in [0.29, 0.717) is 5.92 Å². The summed E-state index contributed by atoms with van der Waals surface area (Å²) in [6.45, 7) is 8.23. The molecule has 1 aromatic carbocycles. The quantitative estimate of drug-likeness (QED) is 0.600. The number of ether oxygens (including phenoxy) is 1. The predicted molar refractivity (Wildman–Crippen MR) is 92.4 cm³/mol. The first kappa shape index (κ1) is 16.7. The molecular weight excluding hydrogens is 274 g/mol. The van der Waals surface area contributed by atoms with E-state index in [1.807, 2.05) is 19.2 Å². The minimum absolute atomic E-state index is 0.213. The molecule has 1 fully saturated rings. The number of guanidine groups is 1. The number of nitrogens with one attached hydrogen (secondary N) is 2. The summed E-state index contributed by atoms with van der Waals surface area (Å²) in [6, 6.07) is 8.51. The molecule has 1 unspecified atom stereocenters. The van der Waals surface area contributed by atoms with Gasteiger partial charge in [0, 0.05) is 13.6 Å². The lowest BCUT2D eigenvalue weighted by molar-refractivity contribution is 0.271. The van der Waals surface area contributed by atoms with Crippen LogP contribution in [0.1, 0.15) is 45.2 Å². The minimum atomic E-state index is 0.213. The van der Waals surface area contributed by atoms with Gasteiger partial charge in [0.2, 0.25) is 0 Å². The second-order valence-electron chi connectivity index (χ2n) is 6.54. The van der Waals surface area contributed by atoms with E-state index in [1.165, 1.54) is 18.4 Å². The predicted octanol–water partition coefficient (Wildman–Crippen LogP) is 3.36. The highest BCUT2D eigenvalue weighted by molar-refractivity contribution is 5.80. The zero-order valence-electron chi connectivity index (χ0n) is 14.2. The Hall–Kier alpha value is -1.71. The monoisotopic (exact) mass is 303 g/mol. The number of aliphatic imine (C=N–C) groups is 1. The fourth-order valence-electron chi connectivity index (χ4n) is 2.16. The lowest BCUT2D eigenvalue weighted by Gasteiger charge is -2.18. The molecule has 2 N–H and O–H groups in total. The van der Waals surface area contributed by atoms with Crippen LogP contribution in [0.2, 0.25) is 0 Å². The zero-order valence-corrected chi connectivity index (χ0v) is 14.2. The number of rotatable bonds is 7. The van der Waals surface area contributed by atoms with E-state index in [2.05, 4.69) is 48.5 Å². The zero-order chi connectivity index (χ0) is 15.9. The molecule has 0 heterocycles. The standard InChI is InChI=1S/C18H29N3O/c1-13(2)12-22-17-9-7-16(8-10-17)14(3)21-18(19-4)20-11-15-5-6-15/h7-10,13-15H,5-6,11-12H2,1-4H3,(H2,19,20,21). The third kappa shape index (κ3) is 5.58. The van der Waals surface area contributed by atoms with Crippen molar-refractivity contribution in [1.82, 2.24) is 10.6 Å². The van der Waals surface area contributed by atoms with Crippen molar-refractivity contribution in [1.29, 1.82) is 0 Å². The van der Waals surface area contributed by atoms with Crippen LogP contribution in [0.25, 0.3) is 0 Å². The molecule has 1 aliphatic carbocycles. The van der Waals surface area contributed by atoms with E-state index in [9.17, 15) is 0 Å². The summed E-state index contributed by atoms with van der Waals surface area (Å²) < 4.78 is 5.72. The fourth-order valence-corrected chi connectivity index (χ4v) is 2.16. The van der Waals surface area contributed by atoms with Crippen molar-refractivity contribution < 1.29 is 4.74 Å². The maximum atomic E-state index is 5.72. The van der Waals surface area contributed by atoms with Crippen LogP contribution in [0.5, 0.6) is 5.75 Å². The van der Waals surface area contributed by atoms with Crippen molar-refractivity contribution >= 4 is 5.96 Å². The van der Waals surface area contributed by atoms with Gasteiger partial charge < -0.3 is 15.4 Å². The molecule has 0 radical (unpaired) electrons. The van der Waals surface area contributed by atoms with Gasteiger partial charge in [-0.15, -0.1) is 0 Å². The van der Waals surface area contributed by atoms with Crippen molar-refractivity contribution in [3.8, 4) is 5.75 Å². The summed E-state index contributed by atoms with van der Waals surface area (Å²) in [5, 5.41) is 6.82. The Kier molecular flexibility index (Phi) is 6.10. The molecular formula is C18H29N3O. The Morgan fingerprint density at radius 1 is 1.23 bits per heavy atom. The molecule has 1 aliphatic rings. The van der Waals surface area contributed by atoms with Crippen LogP contribution in [0.4, 0.5) is 0 Å². The van der Waals surface area contributed by atoms with Crippen molar-refractivity contribution in [2.24, 2.45) is 16.8 Å². The van der Waals surface area contributed by atoms with E-state index in [-0.39, 0.29) is 6.04 Å². The molecule has 0 amide bonds. The highest BCUT2D eigenvalue weighted by atomic mass is 16.5. The first-order valence-electron chi connectivity index (χ1n) is 8.28. The molecule has 0 aliphatic heterocycles. The number of hydrogen-bond acceptors (Lipinski definition) is 2. The first-order valence-corrected chi connectivity index (χ1v) is 8.28. The van der Waals surface area contributed by atoms with Gasteiger partial charge in [-0.05, 0) is 49.3 Å². The molecule has 122 valence electrons. The van der Waals surface area contributed by atoms with E-state index in [0.717, 1.165) is 30.8 Å². The van der Waals surface area contributed by atoms with Gasteiger partial charge in [0.15, 0.2) is 5.96 Å². The smallest absolute Gasteiger partial charge is 0.191 e. The first-order chi connectivity index (χ1) is 10.6. The van der Waals surface area contributed by atoms with Crippen LogP contribution in [0.3, 0.4) is 0 Å². The molecule has 0 saturated heterocycles. The normalized spacial score (nSPS) is 16.5. The van der Waals surface area contributed by atoms with Crippen LogP contribution in [-0.2, 0) is 0 Å². The molecule has 1 atom stereocenters. The third-order valence-electron chi connectivity index (χ3n) is 3.80. The Balaban J connectivity index is 1.83.